The van der Waals surface area contributed by atoms with Gasteiger partial charge in [0.15, 0.2) is 0 Å². The summed E-state index contributed by atoms with van der Waals surface area (Å²) in [5.74, 6) is 0.273. The van der Waals surface area contributed by atoms with Crippen LogP contribution >= 0.6 is 0 Å². The number of carbonyl (C=O) groups excluding carboxylic acids is 3. The van der Waals surface area contributed by atoms with Crippen LogP contribution in [0.25, 0.3) is 0 Å². The zero-order chi connectivity index (χ0) is 21.8. The second kappa shape index (κ2) is 9.20. The maximum absolute atomic E-state index is 13.0. The van der Waals surface area contributed by atoms with Gasteiger partial charge in [-0.25, -0.2) is 0 Å². The molecule has 2 amide bonds. The number of nitrogens with zero attached hydrogens (tertiary/aromatic N) is 3. The Labute approximate surface area is 181 Å². The topological polar surface area (TPSA) is 81.2 Å². The summed E-state index contributed by atoms with van der Waals surface area (Å²) in [4.78, 5) is 42.3. The summed E-state index contributed by atoms with van der Waals surface area (Å²) >= 11 is 0. The minimum absolute atomic E-state index is 0.0184. The van der Waals surface area contributed by atoms with Crippen molar-refractivity contribution in [1.82, 2.24) is 9.80 Å². The number of phenols is 1. The molecule has 0 atom stereocenters. The Hall–Kier alpha value is -3.35. The number of benzene rings is 2. The summed E-state index contributed by atoms with van der Waals surface area (Å²) in [5.41, 5.74) is 2.29. The van der Waals surface area contributed by atoms with E-state index in [1.165, 1.54) is 12.1 Å². The molecule has 0 aliphatic carbocycles. The van der Waals surface area contributed by atoms with Gasteiger partial charge >= 0.3 is 0 Å². The van der Waals surface area contributed by atoms with Crippen molar-refractivity contribution < 1.29 is 19.5 Å². The average Bonchev–Trinajstić information content (AvgIpc) is 2.84. The highest BCUT2D eigenvalue weighted by molar-refractivity contribution is 5.94. The van der Waals surface area contributed by atoms with E-state index in [0.717, 1.165) is 37.9 Å². The number of hydrogen-bond donors (Lipinski definition) is 1. The quantitative estimate of drug-likeness (QED) is 0.767. The molecule has 0 saturated carbocycles. The van der Waals surface area contributed by atoms with Crippen LogP contribution in [0.5, 0.6) is 5.75 Å². The Bertz CT molecular complexity index is 926. The molecule has 162 valence electrons. The molecule has 0 unspecified atom stereocenters. The van der Waals surface area contributed by atoms with Crippen LogP contribution in [0.4, 0.5) is 5.69 Å². The van der Waals surface area contributed by atoms with Crippen LogP contribution in [0.15, 0.2) is 48.5 Å². The van der Waals surface area contributed by atoms with Crippen LogP contribution < -0.4 is 4.90 Å². The molecule has 0 spiro atoms. The summed E-state index contributed by atoms with van der Waals surface area (Å²) in [7, 11) is 0. The number of phenolic OH excluding ortho intramolecular Hbond substituents is 1. The Balaban J connectivity index is 1.26. The van der Waals surface area contributed by atoms with Crippen molar-refractivity contribution in [3.05, 3.63) is 59.7 Å². The number of carbonyl (C=O) groups is 3. The molecule has 1 N–H and O–H groups in total. The van der Waals surface area contributed by atoms with Crippen molar-refractivity contribution in [2.45, 2.75) is 12.8 Å². The fourth-order valence-corrected chi connectivity index (χ4v) is 4.32. The van der Waals surface area contributed by atoms with E-state index in [-0.39, 0.29) is 23.5 Å². The van der Waals surface area contributed by atoms with Crippen molar-refractivity contribution >= 4 is 23.8 Å². The van der Waals surface area contributed by atoms with E-state index >= 15 is 0 Å². The summed E-state index contributed by atoms with van der Waals surface area (Å²) in [6.07, 6.45) is 2.45. The molecule has 2 aliphatic heterocycles. The molecule has 2 fully saturated rings. The van der Waals surface area contributed by atoms with Crippen LogP contribution in [0, 0.1) is 5.92 Å². The smallest absolute Gasteiger partial charge is 0.253 e. The van der Waals surface area contributed by atoms with Gasteiger partial charge in [-0.2, -0.15) is 0 Å². The van der Waals surface area contributed by atoms with Crippen LogP contribution in [0.3, 0.4) is 0 Å². The predicted molar refractivity (Wildman–Crippen MR) is 117 cm³/mol. The Morgan fingerprint density at radius 3 is 1.97 bits per heavy atom. The van der Waals surface area contributed by atoms with Gasteiger partial charge in [-0.05, 0) is 61.4 Å². The first-order valence-corrected chi connectivity index (χ1v) is 10.7. The summed E-state index contributed by atoms with van der Waals surface area (Å²) in [6, 6.07) is 13.8. The third-order valence-electron chi connectivity index (χ3n) is 6.23. The molecule has 31 heavy (non-hydrogen) atoms. The molecular formula is C24H27N3O4. The number of piperazine rings is 1. The summed E-state index contributed by atoms with van der Waals surface area (Å²) < 4.78 is 0. The van der Waals surface area contributed by atoms with Crippen molar-refractivity contribution in [2.24, 2.45) is 5.92 Å². The minimum Gasteiger partial charge on any atom is -0.508 e. The summed E-state index contributed by atoms with van der Waals surface area (Å²) in [5, 5.41) is 9.39. The monoisotopic (exact) mass is 421 g/mol. The minimum atomic E-state index is -0.0685. The second-order valence-electron chi connectivity index (χ2n) is 8.14. The molecule has 7 heteroatoms. The lowest BCUT2D eigenvalue weighted by atomic mass is 9.94. The molecule has 2 aromatic rings. The standard InChI is InChI=1S/C24H27N3O4/c28-17-18-1-5-21(6-2-18)25-11-9-20(10-12-25)24(31)27-15-13-26(14-16-27)23(30)19-3-7-22(29)8-4-19/h1-8,17,20,29H,9-16H2. The molecule has 2 aromatic carbocycles. The molecule has 2 aliphatic rings. The lowest BCUT2D eigenvalue weighted by molar-refractivity contribution is -0.137. The third-order valence-corrected chi connectivity index (χ3v) is 6.23. The average molecular weight is 421 g/mol. The van der Waals surface area contributed by atoms with Crippen LogP contribution in [0.1, 0.15) is 33.6 Å². The molecule has 0 bridgehead atoms. The first-order valence-electron chi connectivity index (χ1n) is 10.7. The molecule has 2 saturated heterocycles. The number of hydrogen-bond acceptors (Lipinski definition) is 5. The highest BCUT2D eigenvalue weighted by Gasteiger charge is 2.31. The van der Waals surface area contributed by atoms with Crippen molar-refractivity contribution in [3.63, 3.8) is 0 Å². The van der Waals surface area contributed by atoms with E-state index in [2.05, 4.69) is 4.90 Å². The van der Waals surface area contributed by atoms with Crippen molar-refractivity contribution in [1.29, 1.82) is 0 Å². The van der Waals surface area contributed by atoms with Gasteiger partial charge in [0.05, 0.1) is 0 Å². The lowest BCUT2D eigenvalue weighted by Crippen LogP contribution is -2.53. The van der Waals surface area contributed by atoms with Gasteiger partial charge in [0, 0.05) is 62.0 Å². The van der Waals surface area contributed by atoms with Gasteiger partial charge in [-0.3, -0.25) is 14.4 Å². The largest absolute Gasteiger partial charge is 0.508 e. The number of amides is 2. The zero-order valence-electron chi connectivity index (χ0n) is 17.4. The number of aldehydes is 1. The second-order valence-corrected chi connectivity index (χ2v) is 8.14. The van der Waals surface area contributed by atoms with Crippen LogP contribution in [-0.2, 0) is 4.79 Å². The van der Waals surface area contributed by atoms with Gasteiger partial charge < -0.3 is 19.8 Å². The highest BCUT2D eigenvalue weighted by Crippen LogP contribution is 2.25. The number of piperidine rings is 1. The molecule has 7 nitrogen and oxygen atoms in total. The van der Waals surface area contributed by atoms with Gasteiger partial charge in [0.25, 0.3) is 5.91 Å². The maximum atomic E-state index is 13.0. The normalized spacial score (nSPS) is 17.5. The van der Waals surface area contributed by atoms with Crippen molar-refractivity contribution in [2.75, 3.05) is 44.2 Å². The first kappa shape index (κ1) is 20.9. The molecule has 0 radical (unpaired) electrons. The Kier molecular flexibility index (Phi) is 6.21. The molecule has 2 heterocycles. The molecular weight excluding hydrogens is 394 g/mol. The van der Waals surface area contributed by atoms with E-state index < -0.39 is 0 Å². The predicted octanol–water partition coefficient (Wildman–Crippen LogP) is 2.41. The fourth-order valence-electron chi connectivity index (χ4n) is 4.32. The van der Waals surface area contributed by atoms with Gasteiger partial charge in [-0.15, -0.1) is 0 Å². The van der Waals surface area contributed by atoms with E-state index in [0.29, 0.717) is 37.3 Å². The summed E-state index contributed by atoms with van der Waals surface area (Å²) in [6.45, 7) is 3.78. The lowest BCUT2D eigenvalue weighted by Gasteiger charge is -2.39. The molecule has 4 rings (SSSR count). The number of rotatable bonds is 4. The Morgan fingerprint density at radius 1 is 0.806 bits per heavy atom. The maximum Gasteiger partial charge on any atom is 0.253 e. The number of aromatic hydroxyl groups is 1. The van der Waals surface area contributed by atoms with E-state index in [1.54, 1.807) is 17.0 Å². The number of anilines is 1. The zero-order valence-corrected chi connectivity index (χ0v) is 17.4. The van der Waals surface area contributed by atoms with E-state index in [4.69, 9.17) is 0 Å². The highest BCUT2D eigenvalue weighted by atomic mass is 16.3. The fraction of sp³-hybridized carbons (Fsp3) is 0.375. The van der Waals surface area contributed by atoms with Gasteiger partial charge in [0.1, 0.15) is 12.0 Å². The third kappa shape index (κ3) is 4.71. The SMILES string of the molecule is O=Cc1ccc(N2CCC(C(=O)N3CCN(C(=O)c4ccc(O)cc4)CC3)CC2)cc1. The van der Waals surface area contributed by atoms with Crippen LogP contribution in [0.2, 0.25) is 0 Å². The van der Waals surface area contributed by atoms with E-state index in [1.807, 2.05) is 29.2 Å². The van der Waals surface area contributed by atoms with Crippen LogP contribution in [-0.4, -0.2) is 72.3 Å². The van der Waals surface area contributed by atoms with Gasteiger partial charge in [-0.1, -0.05) is 0 Å². The van der Waals surface area contributed by atoms with Crippen molar-refractivity contribution in [3.8, 4) is 5.75 Å². The van der Waals surface area contributed by atoms with Gasteiger partial charge in [0.2, 0.25) is 5.91 Å². The first-order chi connectivity index (χ1) is 15.0. The van der Waals surface area contributed by atoms with E-state index in [9.17, 15) is 19.5 Å². The molecule has 0 aromatic heterocycles. The Morgan fingerprint density at radius 2 is 1.39 bits per heavy atom.